The van der Waals surface area contributed by atoms with Crippen molar-refractivity contribution in [1.29, 1.82) is 0 Å². The summed E-state index contributed by atoms with van der Waals surface area (Å²) in [6.07, 6.45) is -3.46. The van der Waals surface area contributed by atoms with Crippen LogP contribution in [0.4, 0.5) is 13.2 Å². The molecule has 210 valence electrons. The van der Waals surface area contributed by atoms with Crippen LogP contribution in [-0.2, 0) is 6.18 Å². The minimum atomic E-state index is -4.41. The van der Waals surface area contributed by atoms with Gasteiger partial charge in [0.15, 0.2) is 0 Å². The van der Waals surface area contributed by atoms with E-state index in [2.05, 4.69) is 63.9 Å². The molecule has 0 aromatic heterocycles. The lowest BCUT2D eigenvalue weighted by Gasteiger charge is -2.39. The number of nitrogens with one attached hydrogen (secondary N) is 1. The highest BCUT2D eigenvalue weighted by Crippen LogP contribution is 2.32. The van der Waals surface area contributed by atoms with Crippen LogP contribution in [0.15, 0.2) is 36.4 Å². The van der Waals surface area contributed by atoms with Crippen molar-refractivity contribution in [2.75, 3.05) is 39.3 Å². The first-order valence-electron chi connectivity index (χ1n) is 13.6. The number of hydrogen-bond donors (Lipinski definition) is 1. The number of carbonyl (C=O) groups is 1. The first kappa shape index (κ1) is 30.0. The van der Waals surface area contributed by atoms with E-state index in [-0.39, 0.29) is 17.5 Å². The summed E-state index contributed by atoms with van der Waals surface area (Å²) < 4.78 is 44.6. The summed E-state index contributed by atoms with van der Waals surface area (Å²) in [5.74, 6) is 1.30. The van der Waals surface area contributed by atoms with Gasteiger partial charge < -0.3 is 15.0 Å². The van der Waals surface area contributed by atoms with Crippen LogP contribution in [0.2, 0.25) is 0 Å². The van der Waals surface area contributed by atoms with E-state index in [0.29, 0.717) is 44.7 Å². The van der Waals surface area contributed by atoms with Crippen LogP contribution in [0.3, 0.4) is 0 Å². The molecule has 2 aromatic carbocycles. The highest BCUT2D eigenvalue weighted by molar-refractivity contribution is 5.94. The van der Waals surface area contributed by atoms with Gasteiger partial charge in [0, 0.05) is 43.8 Å². The Morgan fingerprint density at radius 1 is 0.947 bits per heavy atom. The third-order valence-corrected chi connectivity index (χ3v) is 7.88. The number of piperazine rings is 1. The van der Waals surface area contributed by atoms with E-state index in [4.69, 9.17) is 4.74 Å². The molecule has 1 fully saturated rings. The fourth-order valence-corrected chi connectivity index (χ4v) is 4.74. The Morgan fingerprint density at radius 3 is 2.16 bits per heavy atom. The van der Waals surface area contributed by atoms with Crippen LogP contribution in [0.1, 0.15) is 72.8 Å². The summed E-state index contributed by atoms with van der Waals surface area (Å²) in [6, 6.07) is 9.32. The van der Waals surface area contributed by atoms with Crippen LogP contribution >= 0.6 is 0 Å². The van der Waals surface area contributed by atoms with Crippen molar-refractivity contribution in [3.63, 3.8) is 0 Å². The summed E-state index contributed by atoms with van der Waals surface area (Å²) in [5.41, 5.74) is 3.14. The van der Waals surface area contributed by atoms with Crippen molar-refractivity contribution in [3.05, 3.63) is 64.2 Å². The molecule has 0 radical (unpaired) electrons. The molecule has 1 aliphatic heterocycles. The molecule has 1 heterocycles. The second-order valence-electron chi connectivity index (χ2n) is 10.7. The first-order valence-corrected chi connectivity index (χ1v) is 13.6. The van der Waals surface area contributed by atoms with Gasteiger partial charge in [-0.25, -0.2) is 0 Å². The van der Waals surface area contributed by atoms with Gasteiger partial charge in [-0.1, -0.05) is 19.9 Å². The van der Waals surface area contributed by atoms with Crippen molar-refractivity contribution < 1.29 is 22.7 Å². The highest BCUT2D eigenvalue weighted by atomic mass is 19.4. The predicted molar refractivity (Wildman–Crippen MR) is 146 cm³/mol. The molecule has 0 saturated carbocycles. The Balaban J connectivity index is 1.53. The Morgan fingerprint density at radius 2 is 1.58 bits per heavy atom. The zero-order chi connectivity index (χ0) is 28.0. The summed E-state index contributed by atoms with van der Waals surface area (Å²) in [5, 5.41) is 3.53. The van der Waals surface area contributed by atoms with Crippen molar-refractivity contribution in [2.45, 2.75) is 66.2 Å². The van der Waals surface area contributed by atoms with Gasteiger partial charge >= 0.3 is 6.18 Å². The normalized spacial score (nSPS) is 16.5. The Labute approximate surface area is 225 Å². The minimum Gasteiger partial charge on any atom is -0.493 e. The lowest BCUT2D eigenvalue weighted by molar-refractivity contribution is -0.137. The molecule has 8 heteroatoms. The van der Waals surface area contributed by atoms with Crippen molar-refractivity contribution in [3.8, 4) is 5.75 Å². The average Bonchev–Trinajstić information content (AvgIpc) is 2.89. The highest BCUT2D eigenvalue weighted by Gasteiger charge is 2.31. The fourth-order valence-electron chi connectivity index (χ4n) is 4.74. The molecule has 2 unspecified atom stereocenters. The van der Waals surface area contributed by atoms with Crippen LogP contribution < -0.4 is 10.1 Å². The third-order valence-electron chi connectivity index (χ3n) is 7.88. The van der Waals surface area contributed by atoms with E-state index in [0.717, 1.165) is 36.4 Å². The molecule has 5 nitrogen and oxygen atoms in total. The van der Waals surface area contributed by atoms with Crippen LogP contribution in [0.25, 0.3) is 0 Å². The Hall–Kier alpha value is -2.58. The van der Waals surface area contributed by atoms with E-state index >= 15 is 0 Å². The molecule has 0 bridgehead atoms. The van der Waals surface area contributed by atoms with E-state index in [1.807, 2.05) is 0 Å². The number of alkyl halides is 3. The van der Waals surface area contributed by atoms with Crippen LogP contribution in [-0.4, -0.2) is 61.1 Å². The molecular weight excluding hydrogens is 491 g/mol. The van der Waals surface area contributed by atoms with Gasteiger partial charge in [-0.3, -0.25) is 9.69 Å². The van der Waals surface area contributed by atoms with Gasteiger partial charge in [0.25, 0.3) is 5.91 Å². The molecule has 1 N–H and O–H groups in total. The van der Waals surface area contributed by atoms with E-state index in [1.54, 1.807) is 4.90 Å². The maximum atomic E-state index is 12.8. The zero-order valence-electron chi connectivity index (χ0n) is 23.5. The predicted octanol–water partition coefficient (Wildman–Crippen LogP) is 6.24. The number of carbonyl (C=O) groups excluding carboxylic acids is 1. The molecule has 2 aromatic rings. The summed E-state index contributed by atoms with van der Waals surface area (Å²) in [6.45, 7) is 17.1. The number of nitrogens with zero attached hydrogens (tertiary/aromatic N) is 2. The maximum Gasteiger partial charge on any atom is 0.416 e. The number of rotatable bonds is 10. The quantitative estimate of drug-likeness (QED) is 0.367. The zero-order valence-corrected chi connectivity index (χ0v) is 23.5. The molecule has 1 aliphatic rings. The van der Waals surface area contributed by atoms with Gasteiger partial charge in [0.2, 0.25) is 0 Å². The number of ether oxygens (including phenoxy) is 1. The molecular formula is C30H42F3N3O2. The monoisotopic (exact) mass is 533 g/mol. The Bertz CT molecular complexity index is 1060. The molecule has 1 amide bonds. The van der Waals surface area contributed by atoms with Crippen molar-refractivity contribution >= 4 is 5.91 Å². The minimum absolute atomic E-state index is 0.174. The molecule has 3 rings (SSSR count). The standard InChI is InChI=1S/C30H42F3N3O2/c1-20(2)23(5)34-14-7-19-38-28-13-12-27(21(3)22(28)4)24(6)35-15-17-36(18-16-35)29(37)25-8-10-26(11-9-25)30(31,32)33/h8-13,20,23-24,34H,7,14-19H2,1-6H3. The van der Waals surface area contributed by atoms with Gasteiger partial charge in [-0.15, -0.1) is 0 Å². The van der Waals surface area contributed by atoms with Crippen molar-refractivity contribution in [2.24, 2.45) is 5.92 Å². The summed E-state index contributed by atoms with van der Waals surface area (Å²) in [4.78, 5) is 16.9. The molecule has 0 aliphatic carbocycles. The van der Waals surface area contributed by atoms with Crippen LogP contribution in [0, 0.1) is 19.8 Å². The molecule has 1 saturated heterocycles. The SMILES string of the molecule is Cc1c(OCCCNC(C)C(C)C)ccc(C(C)N2CCN(C(=O)c3ccc(C(F)(F)F)cc3)CC2)c1C. The number of hydrogen-bond acceptors (Lipinski definition) is 4. The number of amides is 1. The van der Waals surface area contributed by atoms with Gasteiger partial charge in [0.05, 0.1) is 12.2 Å². The second kappa shape index (κ2) is 13.0. The Kier molecular flexibility index (Phi) is 10.2. The van der Waals surface area contributed by atoms with Gasteiger partial charge in [0.1, 0.15) is 5.75 Å². The van der Waals surface area contributed by atoms with Gasteiger partial charge in [-0.2, -0.15) is 13.2 Å². The van der Waals surface area contributed by atoms with E-state index in [1.165, 1.54) is 23.3 Å². The third kappa shape index (κ3) is 7.50. The lowest BCUT2D eigenvalue weighted by atomic mass is 9.96. The van der Waals surface area contributed by atoms with E-state index in [9.17, 15) is 18.0 Å². The molecule has 0 spiro atoms. The largest absolute Gasteiger partial charge is 0.493 e. The summed E-state index contributed by atoms with van der Waals surface area (Å²) >= 11 is 0. The topological polar surface area (TPSA) is 44.8 Å². The molecule has 2 atom stereocenters. The number of benzene rings is 2. The smallest absolute Gasteiger partial charge is 0.416 e. The maximum absolute atomic E-state index is 12.8. The van der Waals surface area contributed by atoms with Gasteiger partial charge in [-0.05, 0) is 93.6 Å². The number of halogens is 3. The first-order chi connectivity index (χ1) is 17.9. The van der Waals surface area contributed by atoms with E-state index < -0.39 is 11.7 Å². The molecule has 38 heavy (non-hydrogen) atoms. The lowest BCUT2D eigenvalue weighted by Crippen LogP contribution is -2.49. The van der Waals surface area contributed by atoms with Crippen LogP contribution in [0.5, 0.6) is 5.75 Å². The second-order valence-corrected chi connectivity index (χ2v) is 10.7. The average molecular weight is 534 g/mol. The summed E-state index contributed by atoms with van der Waals surface area (Å²) in [7, 11) is 0. The van der Waals surface area contributed by atoms with Crippen molar-refractivity contribution in [1.82, 2.24) is 15.1 Å². The fraction of sp³-hybridized carbons (Fsp3) is 0.567.